The van der Waals surface area contributed by atoms with E-state index < -0.39 is 5.97 Å². The SMILES string of the molecule is CCOC(=O)c1cccc(-n2c(C)ccc2-c2ccccc2OCc2ccc(Cl)cc2)c1.Cc1ccc(-c2ccccc2OCc2ccc(Cl)cc2)n1-c1cccc(C(=O)O)c1. The molecule has 0 amide bonds. The number of hydrogen-bond acceptors (Lipinski definition) is 5. The van der Waals surface area contributed by atoms with E-state index >= 15 is 0 Å². The number of ether oxygens (including phenoxy) is 3. The maximum atomic E-state index is 12.2. The largest absolute Gasteiger partial charge is 0.488 e. The molecule has 8 nitrogen and oxygen atoms in total. The summed E-state index contributed by atoms with van der Waals surface area (Å²) in [5.74, 6) is 0.256. The number of carboxylic acids is 1. The second-order valence-corrected chi connectivity index (χ2v) is 15.2. The zero-order valence-electron chi connectivity index (χ0n) is 34.4. The van der Waals surface area contributed by atoms with Crippen LogP contribution in [0.15, 0.2) is 170 Å². The van der Waals surface area contributed by atoms with Crippen LogP contribution in [-0.4, -0.2) is 32.8 Å². The number of para-hydroxylation sites is 2. The Morgan fingerprint density at radius 2 is 0.968 bits per heavy atom. The monoisotopic (exact) mass is 862 g/mol. The van der Waals surface area contributed by atoms with Crippen LogP contribution < -0.4 is 9.47 Å². The van der Waals surface area contributed by atoms with Gasteiger partial charge >= 0.3 is 11.9 Å². The zero-order valence-corrected chi connectivity index (χ0v) is 35.9. The van der Waals surface area contributed by atoms with Crippen molar-refractivity contribution < 1.29 is 28.9 Å². The second-order valence-electron chi connectivity index (χ2n) is 14.3. The minimum atomic E-state index is -0.949. The summed E-state index contributed by atoms with van der Waals surface area (Å²) in [5, 5.41) is 10.8. The number of benzene rings is 6. The molecule has 0 saturated carbocycles. The highest BCUT2D eigenvalue weighted by Crippen LogP contribution is 2.36. The number of aromatic carboxylic acids is 1. The van der Waals surface area contributed by atoms with Gasteiger partial charge in [-0.15, -0.1) is 0 Å². The molecule has 0 unspecified atom stereocenters. The van der Waals surface area contributed by atoms with Crippen molar-refractivity contribution in [3.63, 3.8) is 0 Å². The van der Waals surface area contributed by atoms with E-state index in [-0.39, 0.29) is 11.5 Å². The van der Waals surface area contributed by atoms with Crippen LogP contribution in [0.5, 0.6) is 11.5 Å². The van der Waals surface area contributed by atoms with Crippen molar-refractivity contribution in [2.24, 2.45) is 0 Å². The molecule has 2 heterocycles. The third-order valence-corrected chi connectivity index (χ3v) is 10.6. The molecule has 0 spiro atoms. The van der Waals surface area contributed by atoms with Crippen LogP contribution in [0, 0.1) is 13.8 Å². The number of aryl methyl sites for hydroxylation is 2. The highest BCUT2D eigenvalue weighted by molar-refractivity contribution is 6.30. The van der Waals surface area contributed by atoms with Gasteiger partial charge in [-0.1, -0.05) is 83.9 Å². The van der Waals surface area contributed by atoms with Crippen LogP contribution in [0.1, 0.15) is 50.2 Å². The summed E-state index contributed by atoms with van der Waals surface area (Å²) in [6.45, 7) is 7.03. The first-order valence-corrected chi connectivity index (χ1v) is 20.8. The minimum absolute atomic E-state index is 0.249. The highest BCUT2D eigenvalue weighted by Gasteiger charge is 2.17. The molecule has 312 valence electrons. The molecule has 0 atom stereocenters. The second kappa shape index (κ2) is 20.0. The number of carboxylic acid groups (broad SMARTS) is 1. The molecule has 0 aliphatic carbocycles. The van der Waals surface area contributed by atoms with Crippen molar-refractivity contribution in [3.8, 4) is 45.4 Å². The Hall–Kier alpha value is -7.00. The van der Waals surface area contributed by atoms with E-state index in [1.165, 1.54) is 0 Å². The van der Waals surface area contributed by atoms with E-state index in [0.29, 0.717) is 35.4 Å². The van der Waals surface area contributed by atoms with Gasteiger partial charge in [0.25, 0.3) is 0 Å². The lowest BCUT2D eigenvalue weighted by atomic mass is 10.1. The topological polar surface area (TPSA) is 91.9 Å². The minimum Gasteiger partial charge on any atom is -0.488 e. The molecule has 1 N–H and O–H groups in total. The third-order valence-electron chi connectivity index (χ3n) is 10.1. The van der Waals surface area contributed by atoms with E-state index in [9.17, 15) is 14.7 Å². The van der Waals surface area contributed by atoms with Gasteiger partial charge in [0.05, 0.1) is 29.1 Å². The molecule has 62 heavy (non-hydrogen) atoms. The van der Waals surface area contributed by atoms with E-state index in [1.54, 1.807) is 31.2 Å². The summed E-state index contributed by atoms with van der Waals surface area (Å²) in [6.07, 6.45) is 0. The zero-order chi connectivity index (χ0) is 43.6. The average Bonchev–Trinajstić information content (AvgIpc) is 3.88. The molecular formula is C52H44Cl2N2O6. The Morgan fingerprint density at radius 1 is 0.532 bits per heavy atom. The Balaban J connectivity index is 0.000000187. The van der Waals surface area contributed by atoms with Gasteiger partial charge in [-0.05, 0) is 141 Å². The lowest BCUT2D eigenvalue weighted by molar-refractivity contribution is 0.0525. The number of carbonyl (C=O) groups excluding carboxylic acids is 1. The molecule has 6 aromatic carbocycles. The van der Waals surface area contributed by atoms with Crippen molar-refractivity contribution >= 4 is 35.1 Å². The molecule has 8 rings (SSSR count). The molecule has 0 fully saturated rings. The molecule has 0 radical (unpaired) electrons. The van der Waals surface area contributed by atoms with Crippen LogP contribution in [0.2, 0.25) is 10.0 Å². The molecule has 2 aromatic heterocycles. The number of esters is 1. The fourth-order valence-electron chi connectivity index (χ4n) is 7.04. The maximum Gasteiger partial charge on any atom is 0.338 e. The standard InChI is InChI=1S/C27H24ClNO3.C25H20ClNO3/c1-3-31-27(30)21-7-6-8-23(17-21)29-19(2)11-16-25(29)24-9-4-5-10-26(24)32-18-20-12-14-22(28)15-13-20;1-17-9-14-23(27(17)21-6-4-5-19(15-21)25(28)29)22-7-2-3-8-24(22)30-16-18-10-12-20(26)13-11-18/h4-17H,3,18H2,1-2H3;2-15H,16H2,1H3,(H,28,29). The van der Waals surface area contributed by atoms with Crippen molar-refractivity contribution in [3.05, 3.63) is 214 Å². The first-order chi connectivity index (χ1) is 30.1. The number of carbonyl (C=O) groups is 2. The van der Waals surface area contributed by atoms with Crippen molar-refractivity contribution in [1.82, 2.24) is 9.13 Å². The Labute approximate surface area is 371 Å². The lowest BCUT2D eigenvalue weighted by Crippen LogP contribution is -2.07. The van der Waals surface area contributed by atoms with E-state index in [2.05, 4.69) is 16.7 Å². The van der Waals surface area contributed by atoms with Crippen LogP contribution in [0.25, 0.3) is 33.9 Å². The van der Waals surface area contributed by atoms with Crippen molar-refractivity contribution in [2.45, 2.75) is 34.0 Å². The fraction of sp³-hybridized carbons (Fsp3) is 0.115. The quantitative estimate of drug-likeness (QED) is 0.116. The molecule has 8 aromatic rings. The number of aromatic nitrogens is 2. The predicted octanol–water partition coefficient (Wildman–Crippen LogP) is 13.2. The smallest absolute Gasteiger partial charge is 0.338 e. The van der Waals surface area contributed by atoms with Crippen LogP contribution in [0.3, 0.4) is 0 Å². The molecule has 0 bridgehead atoms. The molecule has 0 aliphatic rings. The lowest BCUT2D eigenvalue weighted by Gasteiger charge is -2.16. The number of rotatable bonds is 13. The Morgan fingerprint density at radius 3 is 1.42 bits per heavy atom. The summed E-state index contributed by atoms with van der Waals surface area (Å²) in [4.78, 5) is 23.7. The van der Waals surface area contributed by atoms with Gasteiger partial charge in [0.2, 0.25) is 0 Å². The van der Waals surface area contributed by atoms with Crippen LogP contribution in [-0.2, 0) is 18.0 Å². The van der Waals surface area contributed by atoms with Crippen LogP contribution in [0.4, 0.5) is 0 Å². The predicted molar refractivity (Wildman–Crippen MR) is 246 cm³/mol. The first kappa shape index (κ1) is 43.1. The molecule has 0 aliphatic heterocycles. The van der Waals surface area contributed by atoms with E-state index in [4.69, 9.17) is 37.4 Å². The van der Waals surface area contributed by atoms with Gasteiger partial charge < -0.3 is 28.5 Å². The van der Waals surface area contributed by atoms with Gasteiger partial charge in [-0.3, -0.25) is 0 Å². The summed E-state index contributed by atoms with van der Waals surface area (Å²) >= 11 is 12.0. The summed E-state index contributed by atoms with van der Waals surface area (Å²) < 4.78 is 21.6. The van der Waals surface area contributed by atoms with Gasteiger partial charge in [0.15, 0.2) is 0 Å². The number of nitrogens with zero attached hydrogens (tertiary/aromatic N) is 2. The van der Waals surface area contributed by atoms with E-state index in [0.717, 1.165) is 67.9 Å². The maximum absolute atomic E-state index is 12.2. The van der Waals surface area contributed by atoms with Crippen LogP contribution >= 0.6 is 23.2 Å². The van der Waals surface area contributed by atoms with Gasteiger partial charge in [-0.2, -0.15) is 0 Å². The summed E-state index contributed by atoms with van der Waals surface area (Å²) in [7, 11) is 0. The first-order valence-electron chi connectivity index (χ1n) is 20.0. The van der Waals surface area contributed by atoms with Gasteiger partial charge in [-0.25, -0.2) is 9.59 Å². The molecule has 10 heteroatoms. The fourth-order valence-corrected chi connectivity index (χ4v) is 7.29. The summed E-state index contributed by atoms with van der Waals surface area (Å²) in [6, 6.07) is 53.5. The highest BCUT2D eigenvalue weighted by atomic mass is 35.5. The number of hydrogen-bond donors (Lipinski definition) is 1. The Bertz CT molecular complexity index is 2810. The Kier molecular flexibility index (Phi) is 13.9. The average molecular weight is 864 g/mol. The number of halogens is 2. The van der Waals surface area contributed by atoms with E-state index in [1.807, 2.05) is 152 Å². The van der Waals surface area contributed by atoms with Crippen molar-refractivity contribution in [1.29, 1.82) is 0 Å². The van der Waals surface area contributed by atoms with Crippen molar-refractivity contribution in [2.75, 3.05) is 6.61 Å². The van der Waals surface area contributed by atoms with Gasteiger partial charge in [0, 0.05) is 43.9 Å². The molecule has 0 saturated heterocycles. The van der Waals surface area contributed by atoms with Gasteiger partial charge in [0.1, 0.15) is 24.7 Å². The normalized spacial score (nSPS) is 10.7. The molecular weight excluding hydrogens is 819 g/mol. The third kappa shape index (κ3) is 10.3. The summed E-state index contributed by atoms with van der Waals surface area (Å²) in [5.41, 5.74) is 10.4.